The average molecular weight is 361 g/mol. The molecule has 1 heterocycles. The maximum Gasteiger partial charge on any atom is 0.0544 e. The molecule has 1 aromatic heterocycles. The minimum absolute atomic E-state index is 0.144. The van der Waals surface area contributed by atoms with Crippen molar-refractivity contribution < 1.29 is 0 Å². The summed E-state index contributed by atoms with van der Waals surface area (Å²) in [7, 11) is 0. The number of aromatic nitrogens is 1. The van der Waals surface area contributed by atoms with Gasteiger partial charge < -0.3 is 4.57 Å². The van der Waals surface area contributed by atoms with E-state index in [1.807, 2.05) is 0 Å². The van der Waals surface area contributed by atoms with Crippen molar-refractivity contribution in [2.75, 3.05) is 0 Å². The standard InChI is InChI=1S/C27H23N/c1-27(2)21-14-8-6-12-19(21)25-22(27)16-17-24-26(25)20-13-7-9-15-23(20)28(24)18-10-4-3-5-11-18/h3-17,19,21H,1-2H3. The molecule has 3 aromatic carbocycles. The molecule has 0 N–H and O–H groups in total. The predicted molar refractivity (Wildman–Crippen MR) is 118 cm³/mol. The Morgan fingerprint density at radius 2 is 1.50 bits per heavy atom. The zero-order chi connectivity index (χ0) is 18.9. The molecule has 0 spiro atoms. The van der Waals surface area contributed by atoms with Crippen molar-refractivity contribution in [3.63, 3.8) is 0 Å². The maximum atomic E-state index is 2.42. The zero-order valence-electron chi connectivity index (χ0n) is 16.3. The second-order valence-corrected chi connectivity index (χ2v) is 8.65. The highest BCUT2D eigenvalue weighted by molar-refractivity contribution is 6.12. The molecule has 6 rings (SSSR count). The summed E-state index contributed by atoms with van der Waals surface area (Å²) in [5.41, 5.74) is 6.99. The molecule has 4 aromatic rings. The summed E-state index contributed by atoms with van der Waals surface area (Å²) >= 11 is 0. The number of para-hydroxylation sites is 2. The fourth-order valence-electron chi connectivity index (χ4n) is 5.60. The van der Waals surface area contributed by atoms with Gasteiger partial charge in [0.25, 0.3) is 0 Å². The Morgan fingerprint density at radius 1 is 0.750 bits per heavy atom. The van der Waals surface area contributed by atoms with E-state index in [1.165, 1.54) is 38.6 Å². The number of benzene rings is 3. The fourth-order valence-corrected chi connectivity index (χ4v) is 5.60. The minimum Gasteiger partial charge on any atom is -0.309 e. The number of allylic oxidation sites excluding steroid dienone is 4. The number of fused-ring (bicyclic) bond motifs is 7. The van der Waals surface area contributed by atoms with E-state index in [9.17, 15) is 0 Å². The van der Waals surface area contributed by atoms with Crippen molar-refractivity contribution >= 4 is 21.8 Å². The molecule has 1 heteroatoms. The lowest BCUT2D eigenvalue weighted by molar-refractivity contribution is 0.394. The molecule has 0 aliphatic heterocycles. The Bertz CT molecular complexity index is 1280. The van der Waals surface area contributed by atoms with Crippen molar-refractivity contribution in [1.82, 2.24) is 4.57 Å². The minimum atomic E-state index is 0.144. The van der Waals surface area contributed by atoms with Crippen LogP contribution in [0, 0.1) is 5.92 Å². The van der Waals surface area contributed by atoms with E-state index >= 15 is 0 Å². The first-order valence-electron chi connectivity index (χ1n) is 10.1. The van der Waals surface area contributed by atoms with Crippen LogP contribution in [0.15, 0.2) is 91.0 Å². The Balaban J connectivity index is 1.79. The highest BCUT2D eigenvalue weighted by atomic mass is 15.0. The third-order valence-electron chi connectivity index (χ3n) is 6.89. The zero-order valence-corrected chi connectivity index (χ0v) is 16.3. The Hall–Kier alpha value is -3.06. The second kappa shape index (κ2) is 5.48. The molecule has 1 nitrogen and oxygen atoms in total. The largest absolute Gasteiger partial charge is 0.309 e. The highest BCUT2D eigenvalue weighted by Gasteiger charge is 2.45. The summed E-state index contributed by atoms with van der Waals surface area (Å²) in [6, 6.07) is 24.3. The molecule has 2 unspecified atom stereocenters. The third kappa shape index (κ3) is 1.91. The van der Waals surface area contributed by atoms with Crippen LogP contribution in [0.4, 0.5) is 0 Å². The van der Waals surface area contributed by atoms with Crippen molar-refractivity contribution in [3.8, 4) is 5.69 Å². The van der Waals surface area contributed by atoms with Crippen molar-refractivity contribution in [3.05, 3.63) is 102 Å². The van der Waals surface area contributed by atoms with Gasteiger partial charge in [0.2, 0.25) is 0 Å². The van der Waals surface area contributed by atoms with E-state index in [0.29, 0.717) is 11.8 Å². The van der Waals surface area contributed by atoms with E-state index in [4.69, 9.17) is 0 Å². The van der Waals surface area contributed by atoms with Gasteiger partial charge in [0.1, 0.15) is 0 Å². The predicted octanol–water partition coefficient (Wildman–Crippen LogP) is 6.90. The van der Waals surface area contributed by atoms with Crippen LogP contribution in [-0.2, 0) is 5.41 Å². The van der Waals surface area contributed by atoms with E-state index in [-0.39, 0.29) is 5.41 Å². The van der Waals surface area contributed by atoms with E-state index < -0.39 is 0 Å². The molecule has 2 aliphatic carbocycles. The molecule has 2 atom stereocenters. The van der Waals surface area contributed by atoms with Gasteiger partial charge in [-0.2, -0.15) is 0 Å². The van der Waals surface area contributed by atoms with Crippen LogP contribution in [0.3, 0.4) is 0 Å². The molecule has 0 fully saturated rings. The summed E-state index contributed by atoms with van der Waals surface area (Å²) < 4.78 is 2.42. The van der Waals surface area contributed by atoms with Crippen LogP contribution in [0.25, 0.3) is 27.5 Å². The summed E-state index contributed by atoms with van der Waals surface area (Å²) in [5, 5.41) is 2.79. The van der Waals surface area contributed by atoms with Crippen LogP contribution >= 0.6 is 0 Å². The molecular formula is C27H23N. The van der Waals surface area contributed by atoms with Gasteiger partial charge in [-0.05, 0) is 46.7 Å². The molecule has 0 amide bonds. The lowest BCUT2D eigenvalue weighted by atomic mass is 9.74. The normalized spacial score (nSPS) is 21.9. The van der Waals surface area contributed by atoms with Crippen LogP contribution < -0.4 is 0 Å². The summed E-state index contributed by atoms with van der Waals surface area (Å²) in [6.07, 6.45) is 9.26. The summed E-state index contributed by atoms with van der Waals surface area (Å²) in [4.78, 5) is 0. The molecule has 2 aliphatic rings. The van der Waals surface area contributed by atoms with Gasteiger partial charge in [-0.15, -0.1) is 0 Å². The second-order valence-electron chi connectivity index (χ2n) is 8.65. The lowest BCUT2D eigenvalue weighted by Gasteiger charge is -2.29. The number of hydrogen-bond donors (Lipinski definition) is 0. The van der Waals surface area contributed by atoms with E-state index in [0.717, 1.165) is 0 Å². The van der Waals surface area contributed by atoms with Crippen molar-refractivity contribution in [2.24, 2.45) is 5.92 Å². The quantitative estimate of drug-likeness (QED) is 0.347. The van der Waals surface area contributed by atoms with Crippen LogP contribution in [-0.4, -0.2) is 4.57 Å². The Morgan fingerprint density at radius 3 is 2.36 bits per heavy atom. The van der Waals surface area contributed by atoms with Gasteiger partial charge in [0.15, 0.2) is 0 Å². The van der Waals surface area contributed by atoms with E-state index in [2.05, 4.69) is 109 Å². The first kappa shape index (κ1) is 15.9. The Kier molecular flexibility index (Phi) is 3.12. The van der Waals surface area contributed by atoms with Crippen LogP contribution in [0.2, 0.25) is 0 Å². The van der Waals surface area contributed by atoms with Gasteiger partial charge in [-0.3, -0.25) is 0 Å². The molecule has 0 radical (unpaired) electrons. The van der Waals surface area contributed by atoms with Crippen LogP contribution in [0.1, 0.15) is 30.9 Å². The molecule has 0 bridgehead atoms. The molecule has 136 valence electrons. The smallest absolute Gasteiger partial charge is 0.0544 e. The maximum absolute atomic E-state index is 2.42. The molecule has 0 saturated heterocycles. The van der Waals surface area contributed by atoms with Crippen molar-refractivity contribution in [1.29, 1.82) is 0 Å². The Labute approximate surface area is 165 Å². The van der Waals surface area contributed by atoms with Gasteiger partial charge in [0.05, 0.1) is 11.0 Å². The van der Waals surface area contributed by atoms with E-state index in [1.54, 1.807) is 0 Å². The third-order valence-corrected chi connectivity index (χ3v) is 6.89. The van der Waals surface area contributed by atoms with Gasteiger partial charge in [0, 0.05) is 22.4 Å². The first-order chi connectivity index (χ1) is 13.7. The number of nitrogens with zero attached hydrogens (tertiary/aromatic N) is 1. The highest BCUT2D eigenvalue weighted by Crippen LogP contribution is 2.56. The molecule has 28 heavy (non-hydrogen) atoms. The SMILES string of the molecule is CC1(C)c2ccc3c(c2C2C=CC=CC21)c1ccccc1n3-c1ccccc1. The first-order valence-corrected chi connectivity index (χ1v) is 10.1. The average Bonchev–Trinajstić information content (AvgIpc) is 3.19. The van der Waals surface area contributed by atoms with Gasteiger partial charge in [-0.25, -0.2) is 0 Å². The fraction of sp³-hybridized carbons (Fsp3) is 0.185. The monoisotopic (exact) mass is 361 g/mol. The topological polar surface area (TPSA) is 4.93 Å². The summed E-state index contributed by atoms with van der Waals surface area (Å²) in [5.74, 6) is 0.977. The molecule has 0 saturated carbocycles. The van der Waals surface area contributed by atoms with Crippen LogP contribution in [0.5, 0.6) is 0 Å². The number of hydrogen-bond acceptors (Lipinski definition) is 0. The van der Waals surface area contributed by atoms with Crippen molar-refractivity contribution in [2.45, 2.75) is 25.2 Å². The number of rotatable bonds is 1. The van der Waals surface area contributed by atoms with Gasteiger partial charge >= 0.3 is 0 Å². The lowest BCUT2D eigenvalue weighted by Crippen LogP contribution is -2.24. The summed E-state index contributed by atoms with van der Waals surface area (Å²) in [6.45, 7) is 4.81. The van der Waals surface area contributed by atoms with Gasteiger partial charge in [-0.1, -0.05) is 80.6 Å². The molecular weight excluding hydrogens is 338 g/mol.